The second-order valence-electron chi connectivity index (χ2n) is 7.80. The van der Waals surface area contributed by atoms with E-state index in [2.05, 4.69) is 17.4 Å². The minimum absolute atomic E-state index is 0.0726. The van der Waals surface area contributed by atoms with Gasteiger partial charge in [-0.25, -0.2) is 0 Å². The van der Waals surface area contributed by atoms with Gasteiger partial charge in [0.1, 0.15) is 0 Å². The third-order valence-electron chi connectivity index (χ3n) is 5.24. The van der Waals surface area contributed by atoms with E-state index in [1.807, 2.05) is 24.3 Å². The van der Waals surface area contributed by atoms with Crippen molar-refractivity contribution >= 4 is 17.3 Å². The number of hydrogen-bond donors (Lipinski definition) is 2. The van der Waals surface area contributed by atoms with Gasteiger partial charge >= 0.3 is 0 Å². The maximum atomic E-state index is 12.0. The van der Waals surface area contributed by atoms with Crippen molar-refractivity contribution in [3.05, 3.63) is 29.8 Å². The summed E-state index contributed by atoms with van der Waals surface area (Å²) in [6.07, 6.45) is 17.6. The Morgan fingerprint density at radius 3 is 1.75 bits per heavy atom. The lowest BCUT2D eigenvalue weighted by Gasteiger charge is -2.06. The molecule has 1 aromatic rings. The fraction of sp³-hybridized carbons (Fsp3) is 0.667. The van der Waals surface area contributed by atoms with E-state index in [1.54, 1.807) is 6.92 Å². The molecule has 0 saturated heterocycles. The Morgan fingerprint density at radius 2 is 1.29 bits per heavy atom. The van der Waals surface area contributed by atoms with Gasteiger partial charge in [-0.1, -0.05) is 101 Å². The molecule has 0 aliphatic carbocycles. The Bertz CT molecular complexity index is 552. The first-order valence-electron chi connectivity index (χ1n) is 11.3. The Kier molecular flexibility index (Phi) is 14.0. The van der Waals surface area contributed by atoms with Crippen molar-refractivity contribution in [3.63, 3.8) is 0 Å². The number of carbonyl (C=O) groups excluding carboxylic acids is 1. The molecular formula is C24H40N2O2. The molecule has 0 aliphatic rings. The van der Waals surface area contributed by atoms with Crippen LogP contribution in [0.25, 0.3) is 0 Å². The Hall–Kier alpha value is -1.84. The number of nitrogens with zero attached hydrogens (tertiary/aromatic N) is 1. The van der Waals surface area contributed by atoms with E-state index in [4.69, 9.17) is 5.21 Å². The van der Waals surface area contributed by atoms with Gasteiger partial charge in [-0.2, -0.15) is 0 Å². The molecule has 0 radical (unpaired) electrons. The van der Waals surface area contributed by atoms with Crippen molar-refractivity contribution in [1.82, 2.24) is 0 Å². The lowest BCUT2D eigenvalue weighted by Crippen LogP contribution is -2.11. The highest BCUT2D eigenvalue weighted by Gasteiger charge is 2.03. The van der Waals surface area contributed by atoms with E-state index in [1.165, 1.54) is 70.6 Å². The zero-order valence-corrected chi connectivity index (χ0v) is 18.0. The van der Waals surface area contributed by atoms with Crippen LogP contribution in [-0.4, -0.2) is 16.8 Å². The van der Waals surface area contributed by atoms with Gasteiger partial charge < -0.3 is 10.5 Å². The highest BCUT2D eigenvalue weighted by molar-refractivity contribution is 5.99. The number of rotatable bonds is 16. The second kappa shape index (κ2) is 16.1. The van der Waals surface area contributed by atoms with Crippen LogP contribution in [0.1, 0.15) is 109 Å². The first-order valence-corrected chi connectivity index (χ1v) is 11.3. The molecule has 1 aromatic carbocycles. The van der Waals surface area contributed by atoms with Crippen LogP contribution in [-0.2, 0) is 4.79 Å². The molecule has 0 bridgehead atoms. The van der Waals surface area contributed by atoms with E-state index in [9.17, 15) is 4.79 Å². The van der Waals surface area contributed by atoms with Crippen molar-refractivity contribution < 1.29 is 10.0 Å². The molecule has 0 heterocycles. The lowest BCUT2D eigenvalue weighted by atomic mass is 10.0. The van der Waals surface area contributed by atoms with E-state index in [-0.39, 0.29) is 5.91 Å². The first kappa shape index (κ1) is 24.2. The summed E-state index contributed by atoms with van der Waals surface area (Å²) >= 11 is 0. The molecule has 1 rings (SSSR count). The number of amides is 1. The number of carbonyl (C=O) groups is 1. The minimum Gasteiger partial charge on any atom is -0.411 e. The number of unbranched alkanes of at least 4 members (excludes halogenated alkanes) is 12. The summed E-state index contributed by atoms with van der Waals surface area (Å²) in [5.41, 5.74) is 2.19. The molecule has 0 aliphatic heterocycles. The molecule has 28 heavy (non-hydrogen) atoms. The molecule has 4 heteroatoms. The third-order valence-corrected chi connectivity index (χ3v) is 5.24. The summed E-state index contributed by atoms with van der Waals surface area (Å²) in [6.45, 7) is 4.00. The highest BCUT2D eigenvalue weighted by Crippen LogP contribution is 2.14. The summed E-state index contributed by atoms with van der Waals surface area (Å²) in [5.74, 6) is 0.0726. The number of benzene rings is 1. The zero-order chi connectivity index (χ0) is 20.5. The summed E-state index contributed by atoms with van der Waals surface area (Å²) in [6, 6.07) is 7.36. The fourth-order valence-electron chi connectivity index (χ4n) is 3.38. The van der Waals surface area contributed by atoms with Crippen LogP contribution in [0.5, 0.6) is 0 Å². The topological polar surface area (TPSA) is 61.7 Å². The average Bonchev–Trinajstić information content (AvgIpc) is 2.71. The molecule has 0 atom stereocenters. The Balaban J connectivity index is 1.97. The maximum Gasteiger partial charge on any atom is 0.224 e. The van der Waals surface area contributed by atoms with Crippen LogP contribution < -0.4 is 5.32 Å². The quantitative estimate of drug-likeness (QED) is 0.135. The Morgan fingerprint density at radius 1 is 0.821 bits per heavy atom. The molecule has 4 nitrogen and oxygen atoms in total. The number of oxime groups is 1. The minimum atomic E-state index is 0.0726. The number of anilines is 1. The van der Waals surface area contributed by atoms with Crippen LogP contribution in [0.3, 0.4) is 0 Å². The first-order chi connectivity index (χ1) is 13.7. The Labute approximate surface area is 171 Å². The van der Waals surface area contributed by atoms with Gasteiger partial charge in [-0.05, 0) is 31.0 Å². The van der Waals surface area contributed by atoms with Crippen LogP contribution in [0, 0.1) is 0 Å². The van der Waals surface area contributed by atoms with Crippen molar-refractivity contribution in [3.8, 4) is 0 Å². The molecule has 1 amide bonds. The molecule has 0 aromatic heterocycles. The summed E-state index contributed by atoms with van der Waals surface area (Å²) in [7, 11) is 0. The molecule has 0 unspecified atom stereocenters. The SMILES string of the molecule is CCCCCCCCCCCCCCCC(=O)Nc1ccc(C(C)=NO)cc1. The predicted octanol–water partition coefficient (Wildman–Crippen LogP) is 7.30. The lowest BCUT2D eigenvalue weighted by molar-refractivity contribution is -0.116. The van der Waals surface area contributed by atoms with E-state index < -0.39 is 0 Å². The van der Waals surface area contributed by atoms with Crippen LogP contribution in [0.15, 0.2) is 29.4 Å². The standard InChI is InChI=1S/C24H40N2O2/c1-3-4-5-6-7-8-9-10-11-12-13-14-15-16-24(27)25-23-19-17-22(18-20-23)21(2)26-28/h17-20,28H,3-16H2,1-2H3,(H,25,27). The number of nitrogens with one attached hydrogen (secondary N) is 1. The average molecular weight is 389 g/mol. The molecule has 0 saturated carbocycles. The smallest absolute Gasteiger partial charge is 0.224 e. The van der Waals surface area contributed by atoms with Gasteiger partial charge in [0.05, 0.1) is 5.71 Å². The molecule has 0 spiro atoms. The number of hydrogen-bond acceptors (Lipinski definition) is 3. The van der Waals surface area contributed by atoms with Gasteiger partial charge in [0.15, 0.2) is 0 Å². The summed E-state index contributed by atoms with van der Waals surface area (Å²) < 4.78 is 0. The normalized spacial score (nSPS) is 11.6. The van der Waals surface area contributed by atoms with Crippen LogP contribution in [0.2, 0.25) is 0 Å². The van der Waals surface area contributed by atoms with Crippen LogP contribution in [0.4, 0.5) is 5.69 Å². The van der Waals surface area contributed by atoms with E-state index in [0.29, 0.717) is 12.1 Å². The van der Waals surface area contributed by atoms with Crippen molar-refractivity contribution in [2.24, 2.45) is 5.16 Å². The second-order valence-corrected chi connectivity index (χ2v) is 7.80. The highest BCUT2D eigenvalue weighted by atomic mass is 16.4. The molecule has 2 N–H and O–H groups in total. The predicted molar refractivity (Wildman–Crippen MR) is 119 cm³/mol. The van der Waals surface area contributed by atoms with E-state index >= 15 is 0 Å². The third kappa shape index (κ3) is 11.8. The molecule has 158 valence electrons. The monoisotopic (exact) mass is 388 g/mol. The van der Waals surface area contributed by atoms with Gasteiger partial charge in [0.25, 0.3) is 0 Å². The maximum absolute atomic E-state index is 12.0. The fourth-order valence-corrected chi connectivity index (χ4v) is 3.38. The van der Waals surface area contributed by atoms with Gasteiger partial charge in [-0.15, -0.1) is 0 Å². The molecule has 0 fully saturated rings. The summed E-state index contributed by atoms with van der Waals surface area (Å²) in [5, 5.41) is 14.9. The van der Waals surface area contributed by atoms with Gasteiger partial charge in [0, 0.05) is 12.1 Å². The van der Waals surface area contributed by atoms with Crippen molar-refractivity contribution in [2.45, 2.75) is 104 Å². The van der Waals surface area contributed by atoms with Gasteiger partial charge in [0.2, 0.25) is 5.91 Å². The summed E-state index contributed by atoms with van der Waals surface area (Å²) in [4.78, 5) is 12.0. The van der Waals surface area contributed by atoms with Gasteiger partial charge in [-0.3, -0.25) is 4.79 Å². The molecular weight excluding hydrogens is 348 g/mol. The van der Waals surface area contributed by atoms with Crippen LogP contribution >= 0.6 is 0 Å². The van der Waals surface area contributed by atoms with Crippen molar-refractivity contribution in [2.75, 3.05) is 5.32 Å². The van der Waals surface area contributed by atoms with Crippen molar-refractivity contribution in [1.29, 1.82) is 0 Å². The largest absolute Gasteiger partial charge is 0.411 e. The van der Waals surface area contributed by atoms with E-state index in [0.717, 1.165) is 24.1 Å². The zero-order valence-electron chi connectivity index (χ0n) is 18.0.